The largest absolute Gasteiger partial charge is 0.399 e. The van der Waals surface area contributed by atoms with Crippen molar-refractivity contribution in [3.63, 3.8) is 0 Å². The molecule has 1 aromatic rings. The topological polar surface area (TPSA) is 66.9 Å². The van der Waals surface area contributed by atoms with Crippen molar-refractivity contribution < 1.29 is 4.21 Å². The lowest BCUT2D eigenvalue weighted by Gasteiger charge is -2.00. The van der Waals surface area contributed by atoms with Gasteiger partial charge in [-0.15, -0.1) is 0 Å². The molecule has 3 N–H and O–H groups in total. The highest BCUT2D eigenvalue weighted by atomic mass is 32.2. The van der Waals surface area contributed by atoms with Gasteiger partial charge in [0.15, 0.2) is 0 Å². The molecule has 1 aromatic carbocycles. The van der Waals surface area contributed by atoms with Crippen LogP contribution in [0.5, 0.6) is 0 Å². The maximum atomic E-state index is 11.2. The third-order valence-corrected chi connectivity index (χ3v) is 2.46. The van der Waals surface area contributed by atoms with Gasteiger partial charge in [0.25, 0.3) is 0 Å². The van der Waals surface area contributed by atoms with E-state index in [1.165, 1.54) is 6.26 Å². The van der Waals surface area contributed by atoms with Gasteiger partial charge in [-0.3, -0.25) is 0 Å². The lowest BCUT2D eigenvalue weighted by molar-refractivity contribution is 0.679. The summed E-state index contributed by atoms with van der Waals surface area (Å²) in [6.07, 6.45) is 1.38. The van der Waals surface area contributed by atoms with Gasteiger partial charge in [0.2, 0.25) is 0 Å². The first-order chi connectivity index (χ1) is 5.00. The van der Waals surface area contributed by atoms with E-state index < -0.39 is 9.73 Å². The molecule has 0 saturated heterocycles. The van der Waals surface area contributed by atoms with Crippen LogP contribution in [0.25, 0.3) is 0 Å². The molecule has 0 heterocycles. The minimum atomic E-state index is -2.61. The minimum Gasteiger partial charge on any atom is -0.399 e. The molecule has 0 radical (unpaired) electrons. The zero-order valence-corrected chi connectivity index (χ0v) is 7.02. The van der Waals surface area contributed by atoms with E-state index in [1.54, 1.807) is 24.3 Å². The Morgan fingerprint density at radius 2 is 2.18 bits per heavy atom. The predicted octanol–water partition coefficient (Wildman–Crippen LogP) is 1.30. The summed E-state index contributed by atoms with van der Waals surface area (Å²) in [4.78, 5) is 0.484. The molecule has 0 amide bonds. The summed E-state index contributed by atoms with van der Waals surface area (Å²) in [6.45, 7) is 0. The Bertz CT molecular complexity index is 356. The number of hydrogen-bond acceptors (Lipinski definition) is 3. The average molecular weight is 170 g/mol. The first-order valence-electron chi connectivity index (χ1n) is 3.09. The molecular weight excluding hydrogens is 160 g/mol. The van der Waals surface area contributed by atoms with Crippen molar-refractivity contribution in [1.82, 2.24) is 0 Å². The van der Waals surface area contributed by atoms with Crippen LogP contribution in [0.4, 0.5) is 5.69 Å². The summed E-state index contributed by atoms with van der Waals surface area (Å²) >= 11 is 0. The van der Waals surface area contributed by atoms with Gasteiger partial charge in [-0.05, 0) is 18.2 Å². The van der Waals surface area contributed by atoms with E-state index in [2.05, 4.69) is 0 Å². The average Bonchev–Trinajstić information content (AvgIpc) is 1.86. The molecule has 0 aliphatic rings. The van der Waals surface area contributed by atoms with Crippen LogP contribution in [0.15, 0.2) is 29.2 Å². The molecule has 0 spiro atoms. The highest BCUT2D eigenvalue weighted by Crippen LogP contribution is 2.12. The maximum absolute atomic E-state index is 11.2. The fourth-order valence-electron chi connectivity index (χ4n) is 0.757. The summed E-state index contributed by atoms with van der Waals surface area (Å²) < 4.78 is 18.4. The molecule has 1 atom stereocenters. The van der Waals surface area contributed by atoms with Crippen LogP contribution in [0.2, 0.25) is 0 Å². The number of hydrogen-bond donors (Lipinski definition) is 2. The highest BCUT2D eigenvalue weighted by molar-refractivity contribution is 7.91. The van der Waals surface area contributed by atoms with Gasteiger partial charge < -0.3 is 5.73 Å². The molecule has 0 fully saturated rings. The molecule has 3 nitrogen and oxygen atoms in total. The normalized spacial score (nSPS) is 15.7. The summed E-state index contributed by atoms with van der Waals surface area (Å²) in [5.74, 6) is 0. The van der Waals surface area contributed by atoms with Crippen LogP contribution >= 0.6 is 0 Å². The zero-order chi connectivity index (χ0) is 8.48. The van der Waals surface area contributed by atoms with Crippen LogP contribution in [-0.2, 0) is 9.73 Å². The minimum absolute atomic E-state index is 0.484. The number of nitrogens with two attached hydrogens (primary N) is 1. The Labute approximate surface area is 66.2 Å². The fraction of sp³-hybridized carbons (Fsp3) is 0.143. The predicted molar refractivity (Wildman–Crippen MR) is 45.9 cm³/mol. The summed E-state index contributed by atoms with van der Waals surface area (Å²) in [5, 5.41) is 0. The smallest absolute Gasteiger partial charge is 0.0697 e. The first-order valence-corrected chi connectivity index (χ1v) is 5.06. The van der Waals surface area contributed by atoms with Gasteiger partial charge in [-0.2, -0.15) is 0 Å². The Balaban J connectivity index is 3.28. The summed E-state index contributed by atoms with van der Waals surface area (Å²) in [5.41, 5.74) is 5.99. The molecule has 4 heteroatoms. The second-order valence-electron chi connectivity index (χ2n) is 2.42. The summed E-state index contributed by atoms with van der Waals surface area (Å²) in [6, 6.07) is 6.61. The van der Waals surface area contributed by atoms with Crippen LogP contribution in [0, 0.1) is 4.78 Å². The summed E-state index contributed by atoms with van der Waals surface area (Å²) in [7, 11) is -2.61. The van der Waals surface area contributed by atoms with E-state index in [9.17, 15) is 4.21 Å². The van der Waals surface area contributed by atoms with E-state index in [0.29, 0.717) is 10.6 Å². The quantitative estimate of drug-likeness (QED) is 0.624. The van der Waals surface area contributed by atoms with Crippen LogP contribution in [0.3, 0.4) is 0 Å². The zero-order valence-electron chi connectivity index (χ0n) is 6.20. The van der Waals surface area contributed by atoms with Gasteiger partial charge in [0, 0.05) is 16.8 Å². The van der Waals surface area contributed by atoms with E-state index >= 15 is 0 Å². The van der Waals surface area contributed by atoms with Crippen LogP contribution < -0.4 is 5.73 Å². The second kappa shape index (κ2) is 2.54. The third kappa shape index (κ3) is 1.94. The molecule has 11 heavy (non-hydrogen) atoms. The first kappa shape index (κ1) is 8.07. The Kier molecular flexibility index (Phi) is 1.87. The molecule has 1 rings (SSSR count). The van der Waals surface area contributed by atoms with Crippen molar-refractivity contribution in [2.24, 2.45) is 0 Å². The number of rotatable bonds is 1. The van der Waals surface area contributed by atoms with Crippen molar-refractivity contribution in [2.45, 2.75) is 4.90 Å². The van der Waals surface area contributed by atoms with Gasteiger partial charge in [0.05, 0.1) is 9.73 Å². The molecule has 60 valence electrons. The molecule has 1 unspecified atom stereocenters. The van der Waals surface area contributed by atoms with Crippen molar-refractivity contribution in [3.8, 4) is 0 Å². The fourth-order valence-corrected chi connectivity index (χ4v) is 1.46. The molecule has 0 aliphatic heterocycles. The Morgan fingerprint density at radius 1 is 1.55 bits per heavy atom. The monoisotopic (exact) mass is 170 g/mol. The molecule has 0 aliphatic carbocycles. The number of benzene rings is 1. The molecular formula is C7H10N2OS. The van der Waals surface area contributed by atoms with E-state index in [4.69, 9.17) is 10.5 Å². The SMILES string of the molecule is CS(=N)(=O)c1cccc(N)c1. The molecule has 0 aromatic heterocycles. The number of anilines is 1. The van der Waals surface area contributed by atoms with E-state index in [1.807, 2.05) is 0 Å². The van der Waals surface area contributed by atoms with Gasteiger partial charge in [-0.1, -0.05) is 6.07 Å². The second-order valence-corrected chi connectivity index (χ2v) is 4.57. The lowest BCUT2D eigenvalue weighted by Crippen LogP contribution is -1.95. The highest BCUT2D eigenvalue weighted by Gasteiger charge is 2.01. The lowest BCUT2D eigenvalue weighted by atomic mass is 10.3. The van der Waals surface area contributed by atoms with Crippen molar-refractivity contribution in [1.29, 1.82) is 4.78 Å². The third-order valence-electron chi connectivity index (χ3n) is 1.31. The van der Waals surface area contributed by atoms with Crippen LogP contribution in [0.1, 0.15) is 0 Å². The number of nitrogens with one attached hydrogen (secondary N) is 1. The van der Waals surface area contributed by atoms with Crippen molar-refractivity contribution in [2.75, 3.05) is 12.0 Å². The van der Waals surface area contributed by atoms with Crippen molar-refractivity contribution >= 4 is 15.4 Å². The van der Waals surface area contributed by atoms with Crippen molar-refractivity contribution in [3.05, 3.63) is 24.3 Å². The van der Waals surface area contributed by atoms with Gasteiger partial charge in [-0.25, -0.2) is 8.99 Å². The van der Waals surface area contributed by atoms with E-state index in [-0.39, 0.29) is 0 Å². The van der Waals surface area contributed by atoms with Gasteiger partial charge >= 0.3 is 0 Å². The van der Waals surface area contributed by atoms with Crippen LogP contribution in [-0.4, -0.2) is 10.5 Å². The Hall–Kier alpha value is -1.03. The maximum Gasteiger partial charge on any atom is 0.0697 e. The molecule has 0 bridgehead atoms. The molecule has 0 saturated carbocycles. The number of nitrogen functional groups attached to an aromatic ring is 1. The van der Waals surface area contributed by atoms with Gasteiger partial charge in [0.1, 0.15) is 0 Å². The van der Waals surface area contributed by atoms with E-state index in [0.717, 1.165) is 0 Å². The Morgan fingerprint density at radius 3 is 2.55 bits per heavy atom. The standard InChI is InChI=1S/C7H10N2OS/c1-11(9,10)7-4-2-3-6(8)5-7/h2-5,9H,8H2,1H3.